The van der Waals surface area contributed by atoms with Crippen molar-refractivity contribution >= 4 is 22.1 Å². The average molecular weight is 681 g/mol. The molecular weight excluding hydrogens is 616 g/mol. The van der Waals surface area contributed by atoms with Crippen LogP contribution in [0.5, 0.6) is 17.2 Å². The maximum absolute atomic E-state index is 6.90. The van der Waals surface area contributed by atoms with E-state index in [2.05, 4.69) is 179 Å². The Morgan fingerprint density at radius 2 is 0.553 bits per heavy atom. The van der Waals surface area contributed by atoms with Gasteiger partial charge in [0, 0.05) is 16.7 Å². The van der Waals surface area contributed by atoms with Crippen molar-refractivity contribution in [1.82, 2.24) is 0 Å². The predicted octanol–water partition coefficient (Wildman–Crippen LogP) is 13.3. The zero-order valence-corrected chi connectivity index (χ0v) is 34.8. The molecule has 3 aromatic rings. The van der Waals surface area contributed by atoms with Crippen molar-refractivity contribution in [1.29, 1.82) is 0 Å². The first-order valence-electron chi connectivity index (χ1n) is 16.9. The fraction of sp³-hybridized carbons (Fsp3) is 0.571. The van der Waals surface area contributed by atoms with Gasteiger partial charge in [0.25, 0.3) is 0 Å². The number of hydrogen-bond donors (Lipinski definition) is 0. The van der Waals surface area contributed by atoms with E-state index in [9.17, 15) is 0 Å². The molecule has 0 N–H and O–H groups in total. The summed E-state index contributed by atoms with van der Waals surface area (Å²) in [6.07, 6.45) is 0. The summed E-state index contributed by atoms with van der Waals surface area (Å²) in [5, 5.41) is 0. The predicted molar refractivity (Wildman–Crippen MR) is 211 cm³/mol. The maximum Gasteiger partial charge on any atom is 0.530 e. The Bertz CT molecular complexity index is 1330. The molecule has 0 fully saturated rings. The minimum absolute atomic E-state index is 0. The highest BCUT2D eigenvalue weighted by Gasteiger charge is 2.32. The molecule has 0 aromatic heterocycles. The van der Waals surface area contributed by atoms with E-state index in [1.165, 1.54) is 16.7 Å². The number of benzene rings is 3. The molecule has 0 heterocycles. The Balaban J connectivity index is 0.00000768. The van der Waals surface area contributed by atoms with Gasteiger partial charge in [-0.3, -0.25) is 0 Å². The molecule has 262 valence electrons. The van der Waals surface area contributed by atoms with Crippen LogP contribution in [0.25, 0.3) is 0 Å². The Morgan fingerprint density at radius 3 is 0.723 bits per heavy atom. The van der Waals surface area contributed by atoms with E-state index in [1.54, 1.807) is 0 Å². The SMILES string of the molecule is CC(C)(C)c1ccc(OP(Oc2ccc(C(C)(C)C)cc2C(C)(C)C)Oc2ccc(C(C)(C)C)cc2C(C)(C)C)c(C(C)(C)C)c1.S. The van der Waals surface area contributed by atoms with E-state index < -0.39 is 8.60 Å². The van der Waals surface area contributed by atoms with Gasteiger partial charge in [-0.2, -0.15) is 13.5 Å². The Morgan fingerprint density at radius 1 is 0.340 bits per heavy atom. The van der Waals surface area contributed by atoms with Crippen molar-refractivity contribution in [3.05, 3.63) is 88.0 Å². The molecule has 3 nitrogen and oxygen atoms in total. The minimum Gasteiger partial charge on any atom is -0.408 e. The maximum atomic E-state index is 6.90. The molecule has 0 radical (unpaired) electrons. The molecular formula is C42H65O3PS. The van der Waals surface area contributed by atoms with Gasteiger partial charge in [0.15, 0.2) is 0 Å². The van der Waals surface area contributed by atoms with Crippen LogP contribution in [-0.2, 0) is 32.5 Å². The Labute approximate surface area is 297 Å². The van der Waals surface area contributed by atoms with Gasteiger partial charge < -0.3 is 13.6 Å². The lowest BCUT2D eigenvalue weighted by Gasteiger charge is -2.31. The molecule has 5 heteroatoms. The first-order valence-corrected chi connectivity index (χ1v) is 18.0. The van der Waals surface area contributed by atoms with Crippen molar-refractivity contribution in [2.24, 2.45) is 0 Å². The molecule has 0 aliphatic rings. The van der Waals surface area contributed by atoms with E-state index in [1.807, 2.05) is 0 Å². The van der Waals surface area contributed by atoms with Crippen molar-refractivity contribution in [3.63, 3.8) is 0 Å². The lowest BCUT2D eigenvalue weighted by molar-refractivity contribution is 0.372. The average Bonchev–Trinajstić information content (AvgIpc) is 2.85. The highest BCUT2D eigenvalue weighted by atomic mass is 32.1. The zero-order valence-electron chi connectivity index (χ0n) is 32.9. The van der Waals surface area contributed by atoms with Crippen LogP contribution in [0.4, 0.5) is 0 Å². The van der Waals surface area contributed by atoms with Gasteiger partial charge in [-0.1, -0.05) is 161 Å². The van der Waals surface area contributed by atoms with Crippen LogP contribution in [0.2, 0.25) is 0 Å². The first-order chi connectivity index (χ1) is 20.6. The summed E-state index contributed by atoms with van der Waals surface area (Å²) < 4.78 is 20.7. The number of rotatable bonds is 6. The van der Waals surface area contributed by atoms with Gasteiger partial charge in [0.2, 0.25) is 0 Å². The first kappa shape index (κ1) is 41.0. The lowest BCUT2D eigenvalue weighted by Crippen LogP contribution is -2.20. The molecule has 0 aliphatic heterocycles. The lowest BCUT2D eigenvalue weighted by atomic mass is 9.80. The molecule has 0 saturated heterocycles. The Hall–Kier alpha value is -2.16. The molecule has 0 unspecified atom stereocenters. The van der Waals surface area contributed by atoms with Crippen LogP contribution in [-0.4, -0.2) is 0 Å². The Kier molecular flexibility index (Phi) is 12.2. The van der Waals surface area contributed by atoms with Gasteiger partial charge in [0.1, 0.15) is 17.2 Å². The van der Waals surface area contributed by atoms with Gasteiger partial charge in [-0.25, -0.2) is 0 Å². The van der Waals surface area contributed by atoms with E-state index in [0.717, 1.165) is 33.9 Å². The summed E-state index contributed by atoms with van der Waals surface area (Å²) in [6.45, 7) is 40.3. The fourth-order valence-electron chi connectivity index (χ4n) is 5.28. The molecule has 0 spiro atoms. The van der Waals surface area contributed by atoms with Gasteiger partial charge in [0.05, 0.1) is 0 Å². The molecule has 0 bridgehead atoms. The van der Waals surface area contributed by atoms with Crippen LogP contribution in [0.15, 0.2) is 54.6 Å². The highest BCUT2D eigenvalue weighted by molar-refractivity contribution is 7.59. The molecule has 47 heavy (non-hydrogen) atoms. The fourth-order valence-corrected chi connectivity index (χ4v) is 6.35. The molecule has 0 aliphatic carbocycles. The van der Waals surface area contributed by atoms with Gasteiger partial charge >= 0.3 is 8.60 Å². The summed E-state index contributed by atoms with van der Waals surface area (Å²) in [4.78, 5) is 0. The summed E-state index contributed by atoms with van der Waals surface area (Å²) >= 11 is 0. The molecule has 0 atom stereocenters. The van der Waals surface area contributed by atoms with Crippen molar-refractivity contribution in [2.45, 2.75) is 157 Å². The summed E-state index contributed by atoms with van der Waals surface area (Å²) in [5.41, 5.74) is 6.85. The molecule has 3 rings (SSSR count). The molecule has 0 amide bonds. The third-order valence-corrected chi connectivity index (χ3v) is 9.52. The van der Waals surface area contributed by atoms with E-state index in [-0.39, 0.29) is 46.0 Å². The third kappa shape index (κ3) is 10.7. The van der Waals surface area contributed by atoms with Crippen LogP contribution in [0.1, 0.15) is 158 Å². The second-order valence-corrected chi connectivity index (χ2v) is 20.1. The normalized spacial score (nSPS) is 13.3. The van der Waals surface area contributed by atoms with E-state index in [4.69, 9.17) is 13.6 Å². The summed E-state index contributed by atoms with van der Waals surface area (Å²) in [6, 6.07) is 19.7. The van der Waals surface area contributed by atoms with Crippen molar-refractivity contribution in [3.8, 4) is 17.2 Å². The second-order valence-electron chi connectivity index (χ2n) is 19.1. The summed E-state index contributed by atoms with van der Waals surface area (Å²) in [5.74, 6) is 2.37. The third-order valence-electron chi connectivity index (χ3n) is 8.48. The zero-order chi connectivity index (χ0) is 35.3. The van der Waals surface area contributed by atoms with Crippen LogP contribution in [0.3, 0.4) is 0 Å². The molecule has 0 saturated carbocycles. The van der Waals surface area contributed by atoms with Gasteiger partial charge in [-0.05, 0) is 67.4 Å². The van der Waals surface area contributed by atoms with Crippen molar-refractivity contribution in [2.75, 3.05) is 0 Å². The monoisotopic (exact) mass is 680 g/mol. The summed E-state index contributed by atoms with van der Waals surface area (Å²) in [7, 11) is -1.89. The molecule has 3 aromatic carbocycles. The smallest absolute Gasteiger partial charge is 0.408 e. The van der Waals surface area contributed by atoms with E-state index in [0.29, 0.717) is 0 Å². The van der Waals surface area contributed by atoms with Crippen LogP contribution in [0, 0.1) is 0 Å². The largest absolute Gasteiger partial charge is 0.530 e. The van der Waals surface area contributed by atoms with Gasteiger partial charge in [-0.15, -0.1) is 0 Å². The van der Waals surface area contributed by atoms with Crippen molar-refractivity contribution < 1.29 is 13.6 Å². The van der Waals surface area contributed by atoms with E-state index >= 15 is 0 Å². The highest BCUT2D eigenvalue weighted by Crippen LogP contribution is 2.50. The number of hydrogen-bond acceptors (Lipinski definition) is 3. The topological polar surface area (TPSA) is 27.7 Å². The van der Waals surface area contributed by atoms with Crippen LogP contribution < -0.4 is 13.6 Å². The quantitative estimate of drug-likeness (QED) is 0.243. The standard InChI is InChI=1S/C42H63O3P.H2S/c1-37(2,3)28-19-22-34(31(25-28)40(10,11)12)43-46(44-35-23-20-29(38(4,5)6)26-32(35)41(13,14)15)45-36-24-21-30(39(7,8)9)27-33(36)42(16,17)18;/h19-27H,1-18H3;1H2. The second kappa shape index (κ2) is 14.0. The van der Waals surface area contributed by atoms with Crippen LogP contribution >= 0.6 is 22.1 Å². The minimum atomic E-state index is -1.89.